The zero-order valence-corrected chi connectivity index (χ0v) is 14.0. The highest BCUT2D eigenvalue weighted by Gasteiger charge is 2.22. The molecule has 1 heterocycles. The summed E-state index contributed by atoms with van der Waals surface area (Å²) in [5.74, 6) is 1.95. The first-order valence-corrected chi connectivity index (χ1v) is 7.70. The van der Waals surface area contributed by atoms with Gasteiger partial charge in [0, 0.05) is 13.7 Å². The molecule has 1 rings (SSSR count). The maximum absolute atomic E-state index is 5.79. The minimum absolute atomic E-state index is 0.0548. The van der Waals surface area contributed by atoms with Crippen LogP contribution in [-0.4, -0.2) is 23.6 Å². The fourth-order valence-electron chi connectivity index (χ4n) is 1.95. The van der Waals surface area contributed by atoms with Gasteiger partial charge in [-0.25, -0.2) is 9.97 Å². The molecule has 0 aliphatic heterocycles. The molecule has 1 unspecified atom stereocenters. The standard InChI is InChI=1S/C14H24BrN3O/c1-6-8-10-11(15)13(16-5)18-14(17-10)12(9(3)4)19-7-2/h9,12H,6-8H2,1-5H3,(H,16,17,18). The number of aromatic nitrogens is 2. The van der Waals surface area contributed by atoms with Crippen LogP contribution in [-0.2, 0) is 11.2 Å². The molecule has 0 aromatic carbocycles. The number of rotatable bonds is 7. The van der Waals surface area contributed by atoms with E-state index in [-0.39, 0.29) is 6.10 Å². The molecule has 0 spiro atoms. The van der Waals surface area contributed by atoms with Gasteiger partial charge in [0.05, 0.1) is 10.2 Å². The predicted octanol–water partition coefficient (Wildman–Crippen LogP) is 3.97. The van der Waals surface area contributed by atoms with Crippen molar-refractivity contribution < 1.29 is 4.74 Å². The number of nitrogens with zero attached hydrogens (tertiary/aromatic N) is 2. The Morgan fingerprint density at radius 3 is 2.42 bits per heavy atom. The van der Waals surface area contributed by atoms with Crippen molar-refractivity contribution in [2.75, 3.05) is 19.0 Å². The molecule has 0 aliphatic carbocycles. The molecule has 19 heavy (non-hydrogen) atoms. The Hall–Kier alpha value is -0.680. The van der Waals surface area contributed by atoms with Crippen molar-refractivity contribution in [1.29, 1.82) is 0 Å². The second-order valence-corrected chi connectivity index (χ2v) is 5.60. The van der Waals surface area contributed by atoms with Crippen molar-refractivity contribution >= 4 is 21.7 Å². The lowest BCUT2D eigenvalue weighted by Crippen LogP contribution is -2.17. The molecule has 0 bridgehead atoms. The Balaban J connectivity index is 3.21. The Morgan fingerprint density at radius 2 is 1.95 bits per heavy atom. The molecule has 5 heteroatoms. The van der Waals surface area contributed by atoms with E-state index in [0.29, 0.717) is 12.5 Å². The smallest absolute Gasteiger partial charge is 0.160 e. The van der Waals surface area contributed by atoms with E-state index in [9.17, 15) is 0 Å². The van der Waals surface area contributed by atoms with E-state index in [1.807, 2.05) is 14.0 Å². The van der Waals surface area contributed by atoms with Crippen LogP contribution in [0.2, 0.25) is 0 Å². The lowest BCUT2D eigenvalue weighted by Gasteiger charge is -2.21. The highest BCUT2D eigenvalue weighted by atomic mass is 79.9. The SMILES string of the molecule is CCCc1nc(C(OCC)C(C)C)nc(NC)c1Br. The number of anilines is 1. The molecule has 0 saturated carbocycles. The van der Waals surface area contributed by atoms with Crippen LogP contribution < -0.4 is 5.32 Å². The molecule has 4 nitrogen and oxygen atoms in total. The third kappa shape index (κ3) is 4.14. The fourth-order valence-corrected chi connectivity index (χ4v) is 2.53. The Bertz CT molecular complexity index is 410. The highest BCUT2D eigenvalue weighted by Crippen LogP contribution is 2.29. The van der Waals surface area contributed by atoms with Crippen molar-refractivity contribution in [3.8, 4) is 0 Å². The normalized spacial score (nSPS) is 12.8. The Labute approximate surface area is 124 Å². The topological polar surface area (TPSA) is 47.0 Å². The van der Waals surface area contributed by atoms with Crippen LogP contribution >= 0.6 is 15.9 Å². The van der Waals surface area contributed by atoms with Gasteiger partial charge in [0.15, 0.2) is 5.82 Å². The summed E-state index contributed by atoms with van der Waals surface area (Å²) in [5.41, 5.74) is 1.04. The van der Waals surface area contributed by atoms with Crippen LogP contribution in [0.5, 0.6) is 0 Å². The van der Waals surface area contributed by atoms with Crippen LogP contribution in [0, 0.1) is 5.92 Å². The van der Waals surface area contributed by atoms with Gasteiger partial charge in [0.2, 0.25) is 0 Å². The van der Waals surface area contributed by atoms with Gasteiger partial charge >= 0.3 is 0 Å². The van der Waals surface area contributed by atoms with Crippen LogP contribution in [0.4, 0.5) is 5.82 Å². The second kappa shape index (κ2) is 7.80. The van der Waals surface area contributed by atoms with Crippen LogP contribution in [0.3, 0.4) is 0 Å². The predicted molar refractivity (Wildman–Crippen MR) is 82.5 cm³/mol. The first-order valence-electron chi connectivity index (χ1n) is 6.90. The van der Waals surface area contributed by atoms with E-state index >= 15 is 0 Å². The summed E-state index contributed by atoms with van der Waals surface area (Å²) in [4.78, 5) is 9.27. The van der Waals surface area contributed by atoms with Crippen molar-refractivity contribution in [2.45, 2.75) is 46.6 Å². The molecular weight excluding hydrogens is 306 g/mol. The first kappa shape index (κ1) is 16.4. The largest absolute Gasteiger partial charge is 0.372 e. The summed E-state index contributed by atoms with van der Waals surface area (Å²) in [6.07, 6.45) is 1.93. The van der Waals surface area contributed by atoms with Gasteiger partial charge in [-0.15, -0.1) is 0 Å². The zero-order valence-electron chi connectivity index (χ0n) is 12.5. The molecule has 0 radical (unpaired) electrons. The minimum atomic E-state index is -0.0548. The number of hydrogen-bond acceptors (Lipinski definition) is 4. The number of nitrogens with one attached hydrogen (secondary N) is 1. The second-order valence-electron chi connectivity index (χ2n) is 4.81. The maximum Gasteiger partial charge on any atom is 0.160 e. The summed E-state index contributed by atoms with van der Waals surface area (Å²) in [7, 11) is 1.87. The van der Waals surface area contributed by atoms with E-state index in [4.69, 9.17) is 4.74 Å². The van der Waals surface area contributed by atoms with Gasteiger partial charge in [-0.2, -0.15) is 0 Å². The first-order chi connectivity index (χ1) is 9.04. The van der Waals surface area contributed by atoms with Crippen molar-refractivity contribution in [3.05, 3.63) is 16.0 Å². The number of hydrogen-bond donors (Lipinski definition) is 1. The molecule has 0 amide bonds. The average molecular weight is 330 g/mol. The molecule has 108 valence electrons. The van der Waals surface area contributed by atoms with Crippen molar-refractivity contribution in [1.82, 2.24) is 9.97 Å². The molecular formula is C14H24BrN3O. The quantitative estimate of drug-likeness (QED) is 0.822. The van der Waals surface area contributed by atoms with E-state index in [2.05, 4.69) is 52.0 Å². The van der Waals surface area contributed by atoms with E-state index in [0.717, 1.165) is 34.7 Å². The number of ether oxygens (including phenoxy) is 1. The average Bonchev–Trinajstić information content (AvgIpc) is 2.38. The summed E-state index contributed by atoms with van der Waals surface area (Å²) >= 11 is 3.57. The summed E-state index contributed by atoms with van der Waals surface area (Å²) in [5, 5.41) is 3.12. The molecule has 0 aliphatic rings. The van der Waals surface area contributed by atoms with Crippen LogP contribution in [0.15, 0.2) is 4.47 Å². The third-order valence-corrected chi connectivity index (χ3v) is 3.70. The molecule has 1 aromatic rings. The zero-order chi connectivity index (χ0) is 14.4. The summed E-state index contributed by atoms with van der Waals surface area (Å²) in [6.45, 7) is 9.07. The van der Waals surface area contributed by atoms with E-state index in [1.165, 1.54) is 0 Å². The van der Waals surface area contributed by atoms with Gasteiger partial charge in [0.25, 0.3) is 0 Å². The van der Waals surface area contributed by atoms with Gasteiger partial charge in [-0.05, 0) is 35.2 Å². The Kier molecular flexibility index (Phi) is 6.72. The summed E-state index contributed by atoms with van der Waals surface area (Å²) < 4.78 is 6.75. The van der Waals surface area contributed by atoms with Crippen molar-refractivity contribution in [3.63, 3.8) is 0 Å². The molecule has 1 N–H and O–H groups in total. The molecule has 1 aromatic heterocycles. The summed E-state index contributed by atoms with van der Waals surface area (Å²) in [6, 6.07) is 0. The van der Waals surface area contributed by atoms with Gasteiger partial charge in [0.1, 0.15) is 11.9 Å². The number of aryl methyl sites for hydroxylation is 1. The molecule has 1 atom stereocenters. The van der Waals surface area contributed by atoms with Gasteiger partial charge < -0.3 is 10.1 Å². The lowest BCUT2D eigenvalue weighted by atomic mass is 10.1. The molecule has 0 saturated heterocycles. The number of halogens is 1. The Morgan fingerprint density at radius 1 is 1.26 bits per heavy atom. The van der Waals surface area contributed by atoms with Crippen molar-refractivity contribution in [2.24, 2.45) is 5.92 Å². The van der Waals surface area contributed by atoms with E-state index in [1.54, 1.807) is 0 Å². The minimum Gasteiger partial charge on any atom is -0.372 e. The van der Waals surface area contributed by atoms with Crippen LogP contribution in [0.25, 0.3) is 0 Å². The third-order valence-electron chi connectivity index (χ3n) is 2.87. The van der Waals surface area contributed by atoms with Gasteiger partial charge in [-0.3, -0.25) is 0 Å². The van der Waals surface area contributed by atoms with Crippen LogP contribution in [0.1, 0.15) is 51.7 Å². The monoisotopic (exact) mass is 329 g/mol. The van der Waals surface area contributed by atoms with E-state index < -0.39 is 0 Å². The fraction of sp³-hybridized carbons (Fsp3) is 0.714. The highest BCUT2D eigenvalue weighted by molar-refractivity contribution is 9.10. The molecule has 0 fully saturated rings. The van der Waals surface area contributed by atoms with Gasteiger partial charge in [-0.1, -0.05) is 27.2 Å². The lowest BCUT2D eigenvalue weighted by molar-refractivity contribution is 0.0231. The maximum atomic E-state index is 5.79.